The minimum Gasteiger partial charge on any atom is -0.127 e. The molecule has 0 N–H and O–H groups in total. The first kappa shape index (κ1) is 48.4. The number of hydrogen-bond donors (Lipinski definition) is 0. The van der Waals surface area contributed by atoms with Gasteiger partial charge >= 0.3 is 0 Å². The van der Waals surface area contributed by atoms with Crippen molar-refractivity contribution in [2.75, 3.05) is 0 Å². The highest BCUT2D eigenvalue weighted by molar-refractivity contribution is 6.85. The molecule has 0 aliphatic rings. The van der Waals surface area contributed by atoms with Crippen molar-refractivity contribution in [1.82, 2.24) is 0 Å². The molecule has 0 unspecified atom stereocenters. The van der Waals surface area contributed by atoms with Gasteiger partial charge in [-0.15, -0.1) is 22.2 Å². The molecule has 0 amide bonds. The highest BCUT2D eigenvalue weighted by atomic mass is 28.3. The molecule has 6 rings (SSSR count). The van der Waals surface area contributed by atoms with Gasteiger partial charge in [0.1, 0.15) is 32.3 Å². The summed E-state index contributed by atoms with van der Waals surface area (Å²) < 4.78 is 0. The summed E-state index contributed by atoms with van der Waals surface area (Å²) in [5.41, 5.74) is 25.3. The average molecular weight is 913 g/mol. The Kier molecular flexibility index (Phi) is 15.3. The first-order valence-corrected chi connectivity index (χ1v) is 36.3. The van der Waals surface area contributed by atoms with Crippen LogP contribution in [0.1, 0.15) is 66.8 Å². The molecule has 6 aromatic carbocycles. The van der Waals surface area contributed by atoms with Crippen LogP contribution in [0.4, 0.5) is 0 Å². The third-order valence-corrected chi connectivity index (χ3v) is 12.8. The smallest absolute Gasteiger partial charge is 0.127 e. The minimum absolute atomic E-state index is 0.916. The third-order valence-electron chi connectivity index (χ3n) is 9.27. The molecule has 0 saturated carbocycles. The van der Waals surface area contributed by atoms with Gasteiger partial charge in [0.05, 0.1) is 0 Å². The van der Waals surface area contributed by atoms with Crippen LogP contribution in [0.25, 0.3) is 10.8 Å². The molecular formula is C62H56Si4. The number of rotatable bonds is 0. The van der Waals surface area contributed by atoms with Gasteiger partial charge in [-0.2, -0.15) is 0 Å². The second kappa shape index (κ2) is 20.8. The van der Waals surface area contributed by atoms with Gasteiger partial charge in [0.15, 0.2) is 0 Å². The van der Waals surface area contributed by atoms with Crippen molar-refractivity contribution >= 4 is 43.1 Å². The van der Waals surface area contributed by atoms with E-state index in [2.05, 4.69) is 232 Å². The van der Waals surface area contributed by atoms with Crippen LogP contribution in [-0.4, -0.2) is 32.3 Å². The van der Waals surface area contributed by atoms with Crippen molar-refractivity contribution in [3.05, 3.63) is 188 Å². The molecule has 0 radical (unpaired) electrons. The fourth-order valence-corrected chi connectivity index (χ4v) is 8.17. The van der Waals surface area contributed by atoms with Gasteiger partial charge in [0.25, 0.3) is 0 Å². The molecule has 0 aliphatic carbocycles. The van der Waals surface area contributed by atoms with Crippen molar-refractivity contribution in [3.63, 3.8) is 0 Å². The second-order valence-corrected chi connectivity index (χ2v) is 39.5. The molecular weight excluding hydrogens is 857 g/mol. The summed E-state index contributed by atoms with van der Waals surface area (Å²) in [6, 6.07) is 41.1. The van der Waals surface area contributed by atoms with Crippen LogP contribution in [0.5, 0.6) is 0 Å². The largest absolute Gasteiger partial charge is 0.129 e. The molecule has 0 atom stereocenters. The SMILES string of the molecule is C[Si](C)(C)C#Cc1cc(C#Cc2ccc(C#Cc3cccc4c(C#Cc5ccc(C#Cc6cc(C#C[Si](C)(C)C)cc(C#C[Si](C)(C)C)c6)cc5)cccc34)cc2)cc(C#C[Si](C)(C)C)c1. The summed E-state index contributed by atoms with van der Waals surface area (Å²) in [6.45, 7) is 27.1. The Labute approximate surface area is 400 Å². The number of fused-ring (bicyclic) bond motifs is 1. The van der Waals surface area contributed by atoms with E-state index in [1.807, 2.05) is 60.7 Å². The van der Waals surface area contributed by atoms with E-state index in [1.165, 1.54) is 0 Å². The first-order chi connectivity index (χ1) is 31.1. The Morgan fingerprint density at radius 2 is 0.439 bits per heavy atom. The number of hydrogen-bond acceptors (Lipinski definition) is 0. The van der Waals surface area contributed by atoms with Crippen LogP contribution in [0.3, 0.4) is 0 Å². The second-order valence-electron chi connectivity index (χ2n) is 20.5. The van der Waals surface area contributed by atoms with E-state index in [-0.39, 0.29) is 0 Å². The van der Waals surface area contributed by atoms with Gasteiger partial charge in [0, 0.05) is 66.8 Å². The van der Waals surface area contributed by atoms with E-state index < -0.39 is 32.3 Å². The molecule has 0 aromatic heterocycles. The van der Waals surface area contributed by atoms with Crippen molar-refractivity contribution < 1.29 is 0 Å². The molecule has 0 heterocycles. The van der Waals surface area contributed by atoms with Crippen LogP contribution in [-0.2, 0) is 0 Å². The Morgan fingerprint density at radius 3 is 0.682 bits per heavy atom. The quantitative estimate of drug-likeness (QED) is 0.105. The summed E-state index contributed by atoms with van der Waals surface area (Å²) in [4.78, 5) is 0. The van der Waals surface area contributed by atoms with Gasteiger partial charge in [0.2, 0.25) is 0 Å². The maximum Gasteiger partial charge on any atom is 0.129 e. The number of benzene rings is 6. The van der Waals surface area contributed by atoms with Crippen LogP contribution >= 0.6 is 0 Å². The van der Waals surface area contributed by atoms with Crippen LogP contribution in [0.15, 0.2) is 121 Å². The minimum atomic E-state index is -1.53. The van der Waals surface area contributed by atoms with Gasteiger partial charge < -0.3 is 0 Å². The molecule has 66 heavy (non-hydrogen) atoms. The monoisotopic (exact) mass is 912 g/mol. The first-order valence-electron chi connectivity index (χ1n) is 22.3. The Hall–Kier alpha value is -7.07. The third kappa shape index (κ3) is 16.2. The Morgan fingerprint density at radius 1 is 0.227 bits per heavy atom. The van der Waals surface area contributed by atoms with Crippen LogP contribution < -0.4 is 0 Å². The molecule has 6 aromatic rings. The van der Waals surface area contributed by atoms with Gasteiger partial charge in [-0.3, -0.25) is 0 Å². The highest BCUT2D eigenvalue weighted by Crippen LogP contribution is 2.22. The Balaban J connectivity index is 1.18. The average Bonchev–Trinajstić information content (AvgIpc) is 3.26. The zero-order valence-corrected chi connectivity index (χ0v) is 44.5. The lowest BCUT2D eigenvalue weighted by atomic mass is 10.00. The lowest BCUT2D eigenvalue weighted by molar-refractivity contribution is 1.55. The van der Waals surface area contributed by atoms with E-state index in [0.29, 0.717) is 0 Å². The summed E-state index contributed by atoms with van der Waals surface area (Å²) in [7, 11) is -6.12. The highest BCUT2D eigenvalue weighted by Gasteiger charge is 2.11. The molecule has 0 saturated heterocycles. The van der Waals surface area contributed by atoms with Crippen molar-refractivity contribution in [2.45, 2.75) is 78.6 Å². The van der Waals surface area contributed by atoms with Gasteiger partial charge in [-0.25, -0.2) is 0 Å². The maximum absolute atomic E-state index is 3.49. The lowest BCUT2D eigenvalue weighted by Gasteiger charge is -2.05. The predicted molar refractivity (Wildman–Crippen MR) is 295 cm³/mol. The summed E-state index contributed by atoms with van der Waals surface area (Å²) in [5.74, 6) is 40.6. The van der Waals surface area contributed by atoms with Gasteiger partial charge in [-0.05, 0) is 108 Å². The van der Waals surface area contributed by atoms with Crippen LogP contribution in [0, 0.1) is 93.2 Å². The van der Waals surface area contributed by atoms with E-state index in [0.717, 1.165) is 77.5 Å². The summed E-state index contributed by atoms with van der Waals surface area (Å²) >= 11 is 0. The molecule has 0 spiro atoms. The zero-order valence-electron chi connectivity index (χ0n) is 40.5. The maximum atomic E-state index is 3.49. The fourth-order valence-electron chi connectivity index (χ4n) is 6.10. The van der Waals surface area contributed by atoms with Crippen molar-refractivity contribution in [2.24, 2.45) is 0 Å². The molecule has 0 bridgehead atoms. The summed E-state index contributed by atoms with van der Waals surface area (Å²) in [5, 5.41) is 2.14. The topological polar surface area (TPSA) is 0 Å². The predicted octanol–water partition coefficient (Wildman–Crippen LogP) is 13.4. The Bertz CT molecular complexity index is 3020. The zero-order chi connectivity index (χ0) is 47.5. The van der Waals surface area contributed by atoms with E-state index in [9.17, 15) is 0 Å². The van der Waals surface area contributed by atoms with Crippen LogP contribution in [0.2, 0.25) is 78.6 Å². The van der Waals surface area contributed by atoms with E-state index in [1.54, 1.807) is 0 Å². The van der Waals surface area contributed by atoms with E-state index in [4.69, 9.17) is 0 Å². The molecule has 0 fully saturated rings. The molecule has 0 aliphatic heterocycles. The van der Waals surface area contributed by atoms with Crippen molar-refractivity contribution in [1.29, 1.82) is 0 Å². The molecule has 4 heteroatoms. The standard InChI is InChI=1S/C62H56Si4/c1-63(2,3)39-35-55-43-53(44-56(47-55)36-40-64(4,5)6)29-27-49-19-23-51(24-20-49)31-33-59-15-13-18-62-60(16-14-17-61(59)62)34-32-52-25-21-50(22-26-52)28-30-54-45-57(37-41-65(7,8)9)48-58(46-54)38-42-66(10,11)12/h13-26,43-48H,1-12H3. The fraction of sp³-hybridized carbons (Fsp3) is 0.194. The molecule has 320 valence electrons. The van der Waals surface area contributed by atoms with Gasteiger partial charge in [-0.1, -0.05) is 174 Å². The summed E-state index contributed by atoms with van der Waals surface area (Å²) in [6.07, 6.45) is 0. The normalized spacial score (nSPS) is 10.7. The lowest BCUT2D eigenvalue weighted by Crippen LogP contribution is -2.16. The molecule has 0 nitrogen and oxygen atoms in total. The van der Waals surface area contributed by atoms with E-state index >= 15 is 0 Å². The van der Waals surface area contributed by atoms with Crippen molar-refractivity contribution in [3.8, 4) is 93.2 Å².